The lowest BCUT2D eigenvalue weighted by molar-refractivity contribution is -0.139. The van der Waals surface area contributed by atoms with Crippen LogP contribution in [-0.4, -0.2) is 37.6 Å². The van der Waals surface area contributed by atoms with Crippen LogP contribution in [0, 0.1) is 5.82 Å². The van der Waals surface area contributed by atoms with E-state index in [1.165, 1.54) is 12.7 Å². The summed E-state index contributed by atoms with van der Waals surface area (Å²) in [4.78, 5) is 27.7. The van der Waals surface area contributed by atoms with Crippen molar-refractivity contribution in [2.45, 2.75) is 30.7 Å². The van der Waals surface area contributed by atoms with E-state index in [0.29, 0.717) is 40.7 Å². The maximum atomic E-state index is 13.5. The highest BCUT2D eigenvalue weighted by Gasteiger charge is 2.70. The van der Waals surface area contributed by atoms with Gasteiger partial charge in [-0.2, -0.15) is 18.2 Å². The molecule has 0 radical (unpaired) electrons. The van der Waals surface area contributed by atoms with Gasteiger partial charge in [-0.25, -0.2) is 19.2 Å². The number of amides is 2. The van der Waals surface area contributed by atoms with Gasteiger partial charge in [0.1, 0.15) is 34.8 Å². The van der Waals surface area contributed by atoms with Crippen LogP contribution in [0.2, 0.25) is 0 Å². The SMILES string of the molecule is CC12Oc3ccc(Oc4ncnc5nc[nH]c45)cc3[C@H]1[C@@H]2NC(=O)Nc1ccc(F)c(C(F)(F)F)c1. The predicted molar refractivity (Wildman–Crippen MR) is 117 cm³/mol. The van der Waals surface area contributed by atoms with Crippen LogP contribution in [0.1, 0.15) is 24.0 Å². The first-order chi connectivity index (χ1) is 17.1. The minimum absolute atomic E-state index is 0.191. The second-order valence-corrected chi connectivity index (χ2v) is 8.61. The van der Waals surface area contributed by atoms with Gasteiger partial charge < -0.3 is 25.1 Å². The summed E-state index contributed by atoms with van der Waals surface area (Å²) >= 11 is 0. The van der Waals surface area contributed by atoms with Crippen molar-refractivity contribution in [1.82, 2.24) is 25.3 Å². The molecule has 1 aliphatic heterocycles. The summed E-state index contributed by atoms with van der Waals surface area (Å²) in [5.74, 6) is -0.218. The van der Waals surface area contributed by atoms with E-state index in [4.69, 9.17) is 9.47 Å². The quantitative estimate of drug-likeness (QED) is 0.349. The Labute approximate surface area is 199 Å². The van der Waals surface area contributed by atoms with Crippen molar-refractivity contribution in [2.75, 3.05) is 5.32 Å². The van der Waals surface area contributed by atoms with Crippen molar-refractivity contribution in [2.24, 2.45) is 0 Å². The number of hydrogen-bond donors (Lipinski definition) is 3. The number of benzene rings is 2. The Morgan fingerprint density at radius 2 is 2.00 bits per heavy atom. The second-order valence-electron chi connectivity index (χ2n) is 8.61. The number of anilines is 1. The number of aromatic amines is 1. The zero-order valence-electron chi connectivity index (χ0n) is 18.4. The van der Waals surface area contributed by atoms with Crippen LogP contribution in [0.3, 0.4) is 0 Å². The standard InChI is InChI=1S/C23H16F4N6O3/c1-22-16(18(22)33-21(34)32-10-2-4-14(24)13(6-10)23(25,26)27)12-7-11(3-5-15(12)36-22)35-20-17-19(29-8-28-17)30-9-31-20/h2-9,16,18H,1H3,(H2,32,33,34)(H,28,29,30,31)/t16-,18-,22?/m0/s1. The third-order valence-corrected chi connectivity index (χ3v) is 6.32. The number of carbonyl (C=O) groups is 1. The number of H-pyrrole nitrogens is 1. The molecule has 1 unspecified atom stereocenters. The van der Waals surface area contributed by atoms with Crippen LogP contribution in [-0.2, 0) is 6.18 Å². The van der Waals surface area contributed by atoms with Crippen LogP contribution in [0.4, 0.5) is 28.0 Å². The molecule has 1 fully saturated rings. The molecular weight excluding hydrogens is 484 g/mol. The molecule has 0 saturated heterocycles. The number of fused-ring (bicyclic) bond motifs is 4. The molecule has 1 aliphatic carbocycles. The number of ether oxygens (including phenoxy) is 2. The number of aromatic nitrogens is 4. The number of carbonyl (C=O) groups excluding carboxylic acids is 1. The third-order valence-electron chi connectivity index (χ3n) is 6.32. The summed E-state index contributed by atoms with van der Waals surface area (Å²) in [6.45, 7) is 1.82. The van der Waals surface area contributed by atoms with E-state index in [0.717, 1.165) is 11.6 Å². The van der Waals surface area contributed by atoms with Crippen LogP contribution in [0.15, 0.2) is 49.1 Å². The first kappa shape index (κ1) is 22.1. The third kappa shape index (κ3) is 3.54. The lowest BCUT2D eigenvalue weighted by Crippen LogP contribution is -2.37. The van der Waals surface area contributed by atoms with Gasteiger partial charge in [-0.15, -0.1) is 0 Å². The summed E-state index contributed by atoms with van der Waals surface area (Å²) < 4.78 is 64.3. The molecule has 3 atom stereocenters. The first-order valence-electron chi connectivity index (χ1n) is 10.7. The number of urea groups is 1. The van der Waals surface area contributed by atoms with Gasteiger partial charge in [0.15, 0.2) is 5.65 Å². The van der Waals surface area contributed by atoms with Crippen molar-refractivity contribution >= 4 is 22.9 Å². The van der Waals surface area contributed by atoms with Crippen LogP contribution in [0.25, 0.3) is 11.2 Å². The fraction of sp³-hybridized carbons (Fsp3) is 0.217. The molecule has 2 amide bonds. The molecule has 4 aromatic rings. The maximum absolute atomic E-state index is 13.5. The molecule has 2 aliphatic rings. The maximum Gasteiger partial charge on any atom is 0.419 e. The molecule has 6 rings (SSSR count). The highest BCUT2D eigenvalue weighted by atomic mass is 19.4. The van der Waals surface area contributed by atoms with Gasteiger partial charge in [0.2, 0.25) is 5.88 Å². The van der Waals surface area contributed by atoms with Crippen LogP contribution < -0.4 is 20.1 Å². The van der Waals surface area contributed by atoms with E-state index in [1.54, 1.807) is 18.2 Å². The largest absolute Gasteiger partial charge is 0.484 e. The Morgan fingerprint density at radius 1 is 1.17 bits per heavy atom. The van der Waals surface area contributed by atoms with Gasteiger partial charge in [-0.3, -0.25) is 0 Å². The van der Waals surface area contributed by atoms with E-state index >= 15 is 0 Å². The molecule has 3 N–H and O–H groups in total. The number of imidazole rings is 1. The van der Waals surface area contributed by atoms with Crippen molar-refractivity contribution in [1.29, 1.82) is 0 Å². The van der Waals surface area contributed by atoms with Crippen molar-refractivity contribution in [3.8, 4) is 17.4 Å². The van der Waals surface area contributed by atoms with Gasteiger partial charge in [0, 0.05) is 11.3 Å². The molecular formula is C23H16F4N6O3. The summed E-state index contributed by atoms with van der Waals surface area (Å²) in [6.07, 6.45) is -2.06. The van der Waals surface area contributed by atoms with Crippen LogP contribution in [0.5, 0.6) is 17.4 Å². The van der Waals surface area contributed by atoms with E-state index in [2.05, 4.69) is 30.6 Å². The number of nitrogens with one attached hydrogen (secondary N) is 3. The molecule has 3 heterocycles. The molecule has 9 nitrogen and oxygen atoms in total. The van der Waals surface area contributed by atoms with Crippen LogP contribution >= 0.6 is 0 Å². The number of rotatable bonds is 4. The highest BCUT2D eigenvalue weighted by Crippen LogP contribution is 2.62. The van der Waals surface area contributed by atoms with E-state index < -0.39 is 35.2 Å². The Morgan fingerprint density at radius 3 is 2.81 bits per heavy atom. The van der Waals surface area contributed by atoms with Crippen molar-refractivity contribution in [3.63, 3.8) is 0 Å². The Hall–Kier alpha value is -4.42. The highest BCUT2D eigenvalue weighted by molar-refractivity contribution is 5.90. The molecule has 36 heavy (non-hydrogen) atoms. The summed E-state index contributed by atoms with van der Waals surface area (Å²) in [5.41, 5.74) is -0.588. The summed E-state index contributed by atoms with van der Waals surface area (Å²) in [5, 5.41) is 5.05. The van der Waals surface area contributed by atoms with Gasteiger partial charge in [0.05, 0.1) is 23.9 Å². The molecule has 13 heteroatoms. The van der Waals surface area contributed by atoms with Gasteiger partial charge in [0.25, 0.3) is 0 Å². The van der Waals surface area contributed by atoms with Gasteiger partial charge in [-0.05, 0) is 43.3 Å². The average Bonchev–Trinajstić information content (AvgIpc) is 3.14. The van der Waals surface area contributed by atoms with Gasteiger partial charge in [-0.1, -0.05) is 0 Å². The van der Waals surface area contributed by atoms with E-state index in [1.807, 2.05) is 6.92 Å². The smallest absolute Gasteiger partial charge is 0.419 e. The zero-order chi connectivity index (χ0) is 25.2. The van der Waals surface area contributed by atoms with E-state index in [9.17, 15) is 22.4 Å². The fourth-order valence-corrected chi connectivity index (χ4v) is 4.56. The Bertz CT molecular complexity index is 1520. The fourth-order valence-electron chi connectivity index (χ4n) is 4.56. The molecule has 1 saturated carbocycles. The monoisotopic (exact) mass is 500 g/mol. The average molecular weight is 500 g/mol. The normalized spacial score (nSPS) is 21.9. The lowest BCUT2D eigenvalue weighted by Gasteiger charge is -2.16. The molecule has 0 spiro atoms. The minimum Gasteiger partial charge on any atom is -0.484 e. The molecule has 184 valence electrons. The lowest BCUT2D eigenvalue weighted by atomic mass is 10.1. The van der Waals surface area contributed by atoms with E-state index in [-0.39, 0.29) is 11.6 Å². The summed E-state index contributed by atoms with van der Waals surface area (Å²) in [7, 11) is 0. The van der Waals surface area contributed by atoms with Gasteiger partial charge >= 0.3 is 12.2 Å². The minimum atomic E-state index is -4.88. The van der Waals surface area contributed by atoms with Crippen molar-refractivity contribution < 1.29 is 31.8 Å². The first-order valence-corrected chi connectivity index (χ1v) is 10.7. The molecule has 0 bridgehead atoms. The Balaban J connectivity index is 1.17. The number of halogens is 4. The summed E-state index contributed by atoms with van der Waals surface area (Å²) in [6, 6.07) is 6.33. The topological polar surface area (TPSA) is 114 Å². The zero-order valence-corrected chi connectivity index (χ0v) is 18.4. The number of alkyl halides is 3. The molecule has 2 aromatic heterocycles. The number of nitrogens with zero attached hydrogens (tertiary/aromatic N) is 3. The second kappa shape index (κ2) is 7.54. The number of hydrogen-bond acceptors (Lipinski definition) is 6. The van der Waals surface area contributed by atoms with Crippen molar-refractivity contribution in [3.05, 3.63) is 66.0 Å². The Kier molecular flexibility index (Phi) is 4.62. The molecule has 2 aromatic carbocycles. The predicted octanol–water partition coefficient (Wildman–Crippen LogP) is 4.74.